The highest BCUT2D eigenvalue weighted by atomic mass is 16.5. The van der Waals surface area contributed by atoms with Crippen molar-refractivity contribution in [2.24, 2.45) is 5.73 Å². The Morgan fingerprint density at radius 2 is 2.12 bits per heavy atom. The van der Waals surface area contributed by atoms with E-state index in [0.717, 1.165) is 19.5 Å². The third kappa shape index (κ3) is 2.74. The SMILES string of the molecule is Cc1ccc(N2CC[C@@H](OCCN)C2)cc1. The van der Waals surface area contributed by atoms with Gasteiger partial charge in [-0.3, -0.25) is 0 Å². The molecule has 1 atom stereocenters. The van der Waals surface area contributed by atoms with Gasteiger partial charge in [-0.1, -0.05) is 17.7 Å². The topological polar surface area (TPSA) is 38.5 Å². The van der Waals surface area contributed by atoms with Crippen LogP contribution in [0.1, 0.15) is 12.0 Å². The molecule has 0 aliphatic carbocycles. The van der Waals surface area contributed by atoms with Crippen molar-refractivity contribution in [2.75, 3.05) is 31.1 Å². The second-order valence-electron chi connectivity index (χ2n) is 4.35. The number of ether oxygens (including phenoxy) is 1. The third-order valence-corrected chi connectivity index (χ3v) is 3.02. The molecule has 1 saturated heterocycles. The highest BCUT2D eigenvalue weighted by molar-refractivity contribution is 5.48. The maximum atomic E-state index is 5.66. The van der Waals surface area contributed by atoms with Crippen molar-refractivity contribution in [1.29, 1.82) is 0 Å². The van der Waals surface area contributed by atoms with Crippen LogP contribution >= 0.6 is 0 Å². The van der Waals surface area contributed by atoms with Crippen LogP contribution in [0, 0.1) is 6.92 Å². The van der Waals surface area contributed by atoms with Gasteiger partial charge in [-0.05, 0) is 25.5 Å². The molecule has 3 nitrogen and oxygen atoms in total. The van der Waals surface area contributed by atoms with Crippen LogP contribution in [0.2, 0.25) is 0 Å². The van der Waals surface area contributed by atoms with Crippen LogP contribution in [-0.2, 0) is 4.74 Å². The summed E-state index contributed by atoms with van der Waals surface area (Å²) in [5.74, 6) is 0. The second-order valence-corrected chi connectivity index (χ2v) is 4.35. The smallest absolute Gasteiger partial charge is 0.0767 e. The van der Waals surface area contributed by atoms with Crippen molar-refractivity contribution in [3.8, 4) is 0 Å². The summed E-state index contributed by atoms with van der Waals surface area (Å²) in [6, 6.07) is 8.67. The van der Waals surface area contributed by atoms with Crippen LogP contribution in [0.5, 0.6) is 0 Å². The fourth-order valence-corrected chi connectivity index (χ4v) is 2.09. The molecule has 1 aliphatic heterocycles. The summed E-state index contributed by atoms with van der Waals surface area (Å²) in [6.45, 7) is 5.47. The molecule has 88 valence electrons. The van der Waals surface area contributed by atoms with Gasteiger partial charge in [0.2, 0.25) is 0 Å². The molecule has 16 heavy (non-hydrogen) atoms. The molecule has 1 heterocycles. The van der Waals surface area contributed by atoms with Crippen LogP contribution in [0.3, 0.4) is 0 Å². The van der Waals surface area contributed by atoms with E-state index in [1.54, 1.807) is 0 Å². The first-order valence-corrected chi connectivity index (χ1v) is 5.93. The number of aryl methyl sites for hydroxylation is 1. The normalized spacial score (nSPS) is 20.4. The zero-order chi connectivity index (χ0) is 11.4. The highest BCUT2D eigenvalue weighted by Crippen LogP contribution is 2.21. The van der Waals surface area contributed by atoms with E-state index in [1.165, 1.54) is 11.3 Å². The van der Waals surface area contributed by atoms with Crippen LogP contribution in [-0.4, -0.2) is 32.3 Å². The standard InChI is InChI=1S/C13H20N2O/c1-11-2-4-12(5-3-11)15-8-6-13(10-15)16-9-7-14/h2-5,13H,6-10,14H2,1H3/t13-/m1/s1. The van der Waals surface area contributed by atoms with Gasteiger partial charge in [0.1, 0.15) is 0 Å². The van der Waals surface area contributed by atoms with Crippen LogP contribution in [0.15, 0.2) is 24.3 Å². The lowest BCUT2D eigenvalue weighted by atomic mass is 10.2. The number of anilines is 1. The molecule has 0 saturated carbocycles. The molecule has 1 aromatic rings. The Labute approximate surface area is 97.2 Å². The largest absolute Gasteiger partial charge is 0.375 e. The molecule has 0 bridgehead atoms. The summed E-state index contributed by atoms with van der Waals surface area (Å²) < 4.78 is 5.66. The van der Waals surface area contributed by atoms with Crippen molar-refractivity contribution in [2.45, 2.75) is 19.4 Å². The molecule has 0 unspecified atom stereocenters. The average molecular weight is 220 g/mol. The summed E-state index contributed by atoms with van der Waals surface area (Å²) in [7, 11) is 0. The summed E-state index contributed by atoms with van der Waals surface area (Å²) in [4.78, 5) is 2.38. The molecule has 0 spiro atoms. The van der Waals surface area contributed by atoms with Crippen LogP contribution in [0.4, 0.5) is 5.69 Å². The Morgan fingerprint density at radius 1 is 1.38 bits per heavy atom. The quantitative estimate of drug-likeness (QED) is 0.836. The number of nitrogens with zero attached hydrogens (tertiary/aromatic N) is 1. The van der Waals surface area contributed by atoms with Gasteiger partial charge >= 0.3 is 0 Å². The van der Waals surface area contributed by atoms with Crippen molar-refractivity contribution in [3.63, 3.8) is 0 Å². The predicted molar refractivity (Wildman–Crippen MR) is 66.8 cm³/mol. The monoisotopic (exact) mass is 220 g/mol. The molecule has 0 amide bonds. The minimum Gasteiger partial charge on any atom is -0.375 e. The van der Waals surface area contributed by atoms with E-state index in [1.807, 2.05) is 0 Å². The lowest BCUT2D eigenvalue weighted by molar-refractivity contribution is 0.0742. The molecule has 2 rings (SSSR count). The number of nitrogens with two attached hydrogens (primary N) is 1. The first kappa shape index (κ1) is 11.4. The number of benzene rings is 1. The Balaban J connectivity index is 1.90. The van der Waals surface area contributed by atoms with Gasteiger partial charge in [-0.2, -0.15) is 0 Å². The van der Waals surface area contributed by atoms with Gasteiger partial charge in [0.15, 0.2) is 0 Å². The fourth-order valence-electron chi connectivity index (χ4n) is 2.09. The minimum atomic E-state index is 0.352. The Kier molecular flexibility index (Phi) is 3.80. The molecule has 2 N–H and O–H groups in total. The molecule has 1 aromatic carbocycles. The molecule has 1 fully saturated rings. The maximum absolute atomic E-state index is 5.66. The first-order chi connectivity index (χ1) is 7.79. The summed E-state index contributed by atoms with van der Waals surface area (Å²) >= 11 is 0. The van der Waals surface area contributed by atoms with Crippen molar-refractivity contribution < 1.29 is 4.74 Å². The molecule has 1 aliphatic rings. The first-order valence-electron chi connectivity index (χ1n) is 5.93. The predicted octanol–water partition coefficient (Wildman–Crippen LogP) is 1.55. The van der Waals surface area contributed by atoms with Gasteiger partial charge in [-0.25, -0.2) is 0 Å². The Bertz CT molecular complexity index is 323. The van der Waals surface area contributed by atoms with Gasteiger partial charge < -0.3 is 15.4 Å². The van der Waals surface area contributed by atoms with Crippen molar-refractivity contribution in [1.82, 2.24) is 0 Å². The minimum absolute atomic E-state index is 0.352. The summed E-state index contributed by atoms with van der Waals surface area (Å²) in [6.07, 6.45) is 1.46. The Hall–Kier alpha value is -1.06. The van der Waals surface area contributed by atoms with Crippen molar-refractivity contribution in [3.05, 3.63) is 29.8 Å². The summed E-state index contributed by atoms with van der Waals surface area (Å²) in [5, 5.41) is 0. The van der Waals surface area contributed by atoms with Crippen molar-refractivity contribution >= 4 is 5.69 Å². The van der Waals surface area contributed by atoms with Gasteiger partial charge in [0.25, 0.3) is 0 Å². The van der Waals surface area contributed by atoms with E-state index in [9.17, 15) is 0 Å². The average Bonchev–Trinajstić information content (AvgIpc) is 2.76. The highest BCUT2D eigenvalue weighted by Gasteiger charge is 2.22. The molecule has 3 heteroatoms. The number of hydrogen-bond donors (Lipinski definition) is 1. The third-order valence-electron chi connectivity index (χ3n) is 3.02. The zero-order valence-corrected chi connectivity index (χ0v) is 9.86. The van der Waals surface area contributed by atoms with E-state index in [0.29, 0.717) is 19.3 Å². The van der Waals surface area contributed by atoms with E-state index in [-0.39, 0.29) is 0 Å². The molecule has 0 aromatic heterocycles. The molecule has 0 radical (unpaired) electrons. The van der Waals surface area contributed by atoms with Crippen LogP contribution < -0.4 is 10.6 Å². The van der Waals surface area contributed by atoms with Gasteiger partial charge in [-0.15, -0.1) is 0 Å². The fraction of sp³-hybridized carbons (Fsp3) is 0.538. The van der Waals surface area contributed by atoms with E-state index in [2.05, 4.69) is 36.1 Å². The van der Waals surface area contributed by atoms with E-state index < -0.39 is 0 Å². The molecular weight excluding hydrogens is 200 g/mol. The lowest BCUT2D eigenvalue weighted by Gasteiger charge is -2.18. The summed E-state index contributed by atoms with van der Waals surface area (Å²) in [5.41, 5.74) is 8.03. The number of hydrogen-bond acceptors (Lipinski definition) is 3. The number of rotatable bonds is 4. The lowest BCUT2D eigenvalue weighted by Crippen LogP contribution is -2.24. The van der Waals surface area contributed by atoms with Crippen LogP contribution in [0.25, 0.3) is 0 Å². The van der Waals surface area contributed by atoms with E-state index in [4.69, 9.17) is 10.5 Å². The van der Waals surface area contributed by atoms with E-state index >= 15 is 0 Å². The molecular formula is C13H20N2O. The van der Waals surface area contributed by atoms with Gasteiger partial charge in [0.05, 0.1) is 12.7 Å². The van der Waals surface area contributed by atoms with Gasteiger partial charge in [0, 0.05) is 25.3 Å². The second kappa shape index (κ2) is 5.32. The Morgan fingerprint density at radius 3 is 2.81 bits per heavy atom. The zero-order valence-electron chi connectivity index (χ0n) is 9.86. The maximum Gasteiger partial charge on any atom is 0.0767 e.